The molecule has 1 amide bonds. The Morgan fingerprint density at radius 1 is 1.14 bits per heavy atom. The standard InChI is InChI=1S/C22H18ClN3O3/c1-29-19-10-4-15(5-11-19)20-13-22(28,17-6-8-18(23)9-7-17)26(25-20)21(27)16-3-2-12-24-14-16/h2-12,14,28H,13H2,1H3. The summed E-state index contributed by atoms with van der Waals surface area (Å²) in [5, 5.41) is 17.7. The van der Waals surface area contributed by atoms with Gasteiger partial charge in [-0.25, -0.2) is 0 Å². The minimum absolute atomic E-state index is 0.132. The maximum atomic E-state index is 13.2. The highest BCUT2D eigenvalue weighted by Gasteiger charge is 2.46. The van der Waals surface area contributed by atoms with Gasteiger partial charge in [0.1, 0.15) is 5.75 Å². The van der Waals surface area contributed by atoms with Crippen LogP contribution in [-0.4, -0.2) is 33.8 Å². The molecule has 0 saturated carbocycles. The normalized spacial score (nSPS) is 18.4. The van der Waals surface area contributed by atoms with Crippen molar-refractivity contribution in [2.45, 2.75) is 12.1 Å². The van der Waals surface area contributed by atoms with Crippen LogP contribution in [0.15, 0.2) is 78.2 Å². The van der Waals surface area contributed by atoms with Crippen molar-refractivity contribution in [1.29, 1.82) is 0 Å². The molecule has 6 nitrogen and oxygen atoms in total. The van der Waals surface area contributed by atoms with Gasteiger partial charge in [-0.3, -0.25) is 9.78 Å². The van der Waals surface area contributed by atoms with Crippen LogP contribution < -0.4 is 4.74 Å². The molecule has 7 heteroatoms. The van der Waals surface area contributed by atoms with Crippen molar-refractivity contribution in [3.05, 3.63) is 94.8 Å². The molecule has 3 aromatic rings. The Bertz CT molecular complexity index is 1050. The second-order valence-electron chi connectivity index (χ2n) is 6.63. The number of rotatable bonds is 4. The van der Waals surface area contributed by atoms with Crippen LogP contribution in [0.25, 0.3) is 0 Å². The molecule has 2 aromatic carbocycles. The molecule has 1 aromatic heterocycles. The Labute approximate surface area is 173 Å². The Morgan fingerprint density at radius 3 is 2.48 bits per heavy atom. The van der Waals surface area contributed by atoms with Gasteiger partial charge in [0, 0.05) is 29.4 Å². The molecule has 0 radical (unpaired) electrons. The molecular formula is C22H18ClN3O3. The number of ether oxygens (including phenoxy) is 1. The average molecular weight is 408 g/mol. The number of nitrogens with zero attached hydrogens (tertiary/aromatic N) is 3. The van der Waals surface area contributed by atoms with Crippen LogP contribution in [0, 0.1) is 0 Å². The first-order valence-corrected chi connectivity index (χ1v) is 9.34. The van der Waals surface area contributed by atoms with Crippen LogP contribution in [0.5, 0.6) is 5.75 Å². The number of aromatic nitrogens is 1. The zero-order chi connectivity index (χ0) is 20.4. The molecule has 1 atom stereocenters. The summed E-state index contributed by atoms with van der Waals surface area (Å²) in [5.74, 6) is 0.266. The molecule has 0 saturated heterocycles. The van der Waals surface area contributed by atoms with E-state index in [1.165, 1.54) is 6.20 Å². The summed E-state index contributed by atoms with van der Waals surface area (Å²) in [6.07, 6.45) is 3.16. The summed E-state index contributed by atoms with van der Waals surface area (Å²) in [6, 6.07) is 17.3. The van der Waals surface area contributed by atoms with Crippen LogP contribution >= 0.6 is 11.6 Å². The molecule has 1 unspecified atom stereocenters. The molecule has 146 valence electrons. The van der Waals surface area contributed by atoms with Crippen molar-refractivity contribution in [2.24, 2.45) is 5.10 Å². The van der Waals surface area contributed by atoms with E-state index in [1.807, 2.05) is 24.3 Å². The summed E-state index contributed by atoms with van der Waals surface area (Å²) in [7, 11) is 1.59. The lowest BCUT2D eigenvalue weighted by molar-refractivity contribution is -0.0765. The lowest BCUT2D eigenvalue weighted by atomic mass is 9.94. The van der Waals surface area contributed by atoms with Crippen LogP contribution in [0.1, 0.15) is 27.9 Å². The van der Waals surface area contributed by atoms with Gasteiger partial charge < -0.3 is 9.84 Å². The minimum atomic E-state index is -1.65. The fourth-order valence-electron chi connectivity index (χ4n) is 3.26. The Morgan fingerprint density at radius 2 is 1.86 bits per heavy atom. The van der Waals surface area contributed by atoms with Gasteiger partial charge in [0.25, 0.3) is 5.91 Å². The van der Waals surface area contributed by atoms with Crippen LogP contribution in [0.2, 0.25) is 5.02 Å². The highest BCUT2D eigenvalue weighted by Crippen LogP contribution is 2.38. The Balaban J connectivity index is 1.77. The molecule has 29 heavy (non-hydrogen) atoms. The third-order valence-corrected chi connectivity index (χ3v) is 5.07. The van der Waals surface area contributed by atoms with Crippen molar-refractivity contribution in [1.82, 2.24) is 9.99 Å². The molecule has 1 aliphatic rings. The summed E-state index contributed by atoms with van der Waals surface area (Å²) in [6.45, 7) is 0. The van der Waals surface area contributed by atoms with Gasteiger partial charge >= 0.3 is 0 Å². The first-order chi connectivity index (χ1) is 14.0. The maximum absolute atomic E-state index is 13.2. The second kappa shape index (κ2) is 7.66. The summed E-state index contributed by atoms with van der Waals surface area (Å²) in [4.78, 5) is 17.1. The van der Waals surface area contributed by atoms with Gasteiger partial charge in [-0.1, -0.05) is 23.7 Å². The average Bonchev–Trinajstić information content (AvgIpc) is 3.13. The van der Waals surface area contributed by atoms with Gasteiger partial charge in [-0.05, 0) is 54.1 Å². The molecule has 0 aliphatic carbocycles. The van der Waals surface area contributed by atoms with Crippen LogP contribution in [0.4, 0.5) is 0 Å². The van der Waals surface area contributed by atoms with E-state index in [1.54, 1.807) is 49.7 Å². The number of benzene rings is 2. The fraction of sp³-hybridized carbons (Fsp3) is 0.136. The maximum Gasteiger partial charge on any atom is 0.278 e. The lowest BCUT2D eigenvalue weighted by Gasteiger charge is -2.31. The first kappa shape index (κ1) is 19.1. The number of carbonyl (C=O) groups is 1. The molecule has 4 rings (SSSR count). The lowest BCUT2D eigenvalue weighted by Crippen LogP contribution is -2.43. The molecule has 0 spiro atoms. The highest BCUT2D eigenvalue weighted by atomic mass is 35.5. The van der Waals surface area contributed by atoms with Crippen LogP contribution in [0.3, 0.4) is 0 Å². The topological polar surface area (TPSA) is 75.0 Å². The van der Waals surface area contributed by atoms with Crippen molar-refractivity contribution in [2.75, 3.05) is 7.11 Å². The van der Waals surface area contributed by atoms with E-state index in [9.17, 15) is 9.90 Å². The van der Waals surface area contributed by atoms with Crippen molar-refractivity contribution in [3.63, 3.8) is 0 Å². The molecule has 2 heterocycles. The highest BCUT2D eigenvalue weighted by molar-refractivity contribution is 6.30. The number of hydrogen-bond acceptors (Lipinski definition) is 5. The number of hydrazone groups is 1. The SMILES string of the molecule is COc1ccc(C2=NN(C(=O)c3cccnc3)C(O)(c3ccc(Cl)cc3)C2)cc1. The summed E-state index contributed by atoms with van der Waals surface area (Å²) in [5.41, 5.74) is 0.584. The molecule has 1 N–H and O–H groups in total. The first-order valence-electron chi connectivity index (χ1n) is 8.96. The van der Waals surface area contributed by atoms with E-state index in [0.29, 0.717) is 27.6 Å². The predicted molar refractivity (Wildman–Crippen MR) is 110 cm³/mol. The minimum Gasteiger partial charge on any atom is -0.497 e. The predicted octanol–water partition coefficient (Wildman–Crippen LogP) is 3.84. The van der Waals surface area contributed by atoms with Gasteiger partial charge in [-0.2, -0.15) is 10.1 Å². The Hall–Kier alpha value is -3.22. The monoisotopic (exact) mass is 407 g/mol. The van der Waals surface area contributed by atoms with E-state index in [4.69, 9.17) is 16.3 Å². The van der Waals surface area contributed by atoms with Crippen molar-refractivity contribution < 1.29 is 14.6 Å². The van der Waals surface area contributed by atoms with E-state index < -0.39 is 11.6 Å². The van der Waals surface area contributed by atoms with E-state index >= 15 is 0 Å². The number of methoxy groups -OCH3 is 1. The zero-order valence-electron chi connectivity index (χ0n) is 15.6. The third kappa shape index (κ3) is 3.60. The number of halogens is 1. The van der Waals surface area contributed by atoms with Gasteiger partial charge in [-0.15, -0.1) is 0 Å². The van der Waals surface area contributed by atoms with Gasteiger partial charge in [0.15, 0.2) is 5.72 Å². The second-order valence-corrected chi connectivity index (χ2v) is 7.07. The van der Waals surface area contributed by atoms with Gasteiger partial charge in [0.2, 0.25) is 0 Å². The molecule has 0 bridgehead atoms. The van der Waals surface area contributed by atoms with Crippen molar-refractivity contribution in [3.8, 4) is 5.75 Å². The molecule has 0 fully saturated rings. The fourth-order valence-corrected chi connectivity index (χ4v) is 3.38. The van der Waals surface area contributed by atoms with Gasteiger partial charge in [0.05, 0.1) is 18.4 Å². The van der Waals surface area contributed by atoms with E-state index in [0.717, 1.165) is 10.6 Å². The Kier molecular flexibility index (Phi) is 5.05. The van der Waals surface area contributed by atoms with E-state index in [-0.39, 0.29) is 6.42 Å². The van der Waals surface area contributed by atoms with E-state index in [2.05, 4.69) is 10.1 Å². The summed E-state index contributed by atoms with van der Waals surface area (Å²) >= 11 is 6.00. The van der Waals surface area contributed by atoms with Crippen LogP contribution in [-0.2, 0) is 5.72 Å². The van der Waals surface area contributed by atoms with Crippen molar-refractivity contribution >= 4 is 23.2 Å². The summed E-state index contributed by atoms with van der Waals surface area (Å²) < 4.78 is 5.20. The number of aliphatic hydroxyl groups is 1. The molecular weight excluding hydrogens is 390 g/mol. The number of carbonyl (C=O) groups excluding carboxylic acids is 1. The smallest absolute Gasteiger partial charge is 0.278 e. The number of pyridine rings is 1. The third-order valence-electron chi connectivity index (χ3n) is 4.82. The molecule has 1 aliphatic heterocycles. The number of hydrogen-bond donors (Lipinski definition) is 1. The number of amides is 1. The zero-order valence-corrected chi connectivity index (χ0v) is 16.4. The largest absolute Gasteiger partial charge is 0.497 e. The quantitative estimate of drug-likeness (QED) is 0.713.